The van der Waals surface area contributed by atoms with Crippen molar-refractivity contribution in [1.82, 2.24) is 4.90 Å². The third-order valence-electron chi connectivity index (χ3n) is 3.82. The first-order valence-electron chi connectivity index (χ1n) is 7.19. The average molecular weight is 277 g/mol. The van der Waals surface area contributed by atoms with Crippen LogP contribution in [-0.2, 0) is 4.79 Å². The van der Waals surface area contributed by atoms with Crippen molar-refractivity contribution in [3.63, 3.8) is 0 Å². The highest BCUT2D eigenvalue weighted by atomic mass is 16.5. The maximum Gasteiger partial charge on any atom is 0.260 e. The van der Waals surface area contributed by atoms with E-state index < -0.39 is 0 Å². The summed E-state index contributed by atoms with van der Waals surface area (Å²) in [5.41, 5.74) is 2.16. The van der Waals surface area contributed by atoms with Crippen LogP contribution >= 0.6 is 0 Å². The number of ether oxygens (including phenoxy) is 1. The number of aliphatic hydroxyl groups excluding tert-OH is 1. The summed E-state index contributed by atoms with van der Waals surface area (Å²) >= 11 is 0. The van der Waals surface area contributed by atoms with Crippen LogP contribution in [-0.4, -0.2) is 42.2 Å². The van der Waals surface area contributed by atoms with Crippen molar-refractivity contribution >= 4 is 5.91 Å². The van der Waals surface area contributed by atoms with Crippen LogP contribution in [0.25, 0.3) is 0 Å². The van der Waals surface area contributed by atoms with Gasteiger partial charge in [0.05, 0.1) is 0 Å². The van der Waals surface area contributed by atoms with Crippen molar-refractivity contribution in [3.8, 4) is 5.75 Å². The summed E-state index contributed by atoms with van der Waals surface area (Å²) < 4.78 is 5.65. The highest BCUT2D eigenvalue weighted by Crippen LogP contribution is 2.20. The molecule has 0 aliphatic carbocycles. The normalized spacial score (nSPS) is 18.9. The van der Waals surface area contributed by atoms with Crippen molar-refractivity contribution in [3.05, 3.63) is 29.3 Å². The fraction of sp³-hybridized carbons (Fsp3) is 0.562. The van der Waals surface area contributed by atoms with Crippen LogP contribution in [0.5, 0.6) is 5.75 Å². The molecule has 1 aromatic rings. The number of benzene rings is 1. The van der Waals surface area contributed by atoms with E-state index in [-0.39, 0.29) is 25.0 Å². The maximum absolute atomic E-state index is 12.1. The standard InChI is InChI=1S/C16H23NO3/c1-12-5-6-13(2)15(8-12)20-11-16(19)17-7-3-4-14(9-17)10-18/h5-6,8,14,18H,3-4,7,9-11H2,1-2H3. The Hall–Kier alpha value is -1.55. The van der Waals surface area contributed by atoms with E-state index in [4.69, 9.17) is 4.74 Å². The topological polar surface area (TPSA) is 49.8 Å². The predicted molar refractivity (Wildman–Crippen MR) is 77.8 cm³/mol. The zero-order chi connectivity index (χ0) is 14.5. The SMILES string of the molecule is Cc1ccc(C)c(OCC(=O)N2CCCC(CO)C2)c1. The number of aryl methyl sites for hydroxylation is 2. The Morgan fingerprint density at radius 1 is 1.45 bits per heavy atom. The molecule has 1 aliphatic heterocycles. The zero-order valence-electron chi connectivity index (χ0n) is 12.3. The average Bonchev–Trinajstić information content (AvgIpc) is 2.48. The number of aliphatic hydroxyl groups is 1. The van der Waals surface area contributed by atoms with E-state index in [2.05, 4.69) is 0 Å². The van der Waals surface area contributed by atoms with E-state index in [0.29, 0.717) is 6.54 Å². The van der Waals surface area contributed by atoms with Crippen LogP contribution in [0.15, 0.2) is 18.2 Å². The Morgan fingerprint density at radius 3 is 3.00 bits per heavy atom. The molecule has 1 N–H and O–H groups in total. The minimum absolute atomic E-state index is 0.00376. The van der Waals surface area contributed by atoms with Gasteiger partial charge in [-0.05, 0) is 49.8 Å². The summed E-state index contributed by atoms with van der Waals surface area (Å²) in [4.78, 5) is 13.9. The number of piperidine rings is 1. The van der Waals surface area contributed by atoms with Crippen molar-refractivity contribution in [1.29, 1.82) is 0 Å². The lowest BCUT2D eigenvalue weighted by Gasteiger charge is -2.31. The monoisotopic (exact) mass is 277 g/mol. The van der Waals surface area contributed by atoms with Gasteiger partial charge in [0.15, 0.2) is 6.61 Å². The van der Waals surface area contributed by atoms with E-state index in [1.807, 2.05) is 32.0 Å². The van der Waals surface area contributed by atoms with Gasteiger partial charge in [0, 0.05) is 19.7 Å². The van der Waals surface area contributed by atoms with E-state index >= 15 is 0 Å². The van der Waals surface area contributed by atoms with Crippen LogP contribution in [0.2, 0.25) is 0 Å². The number of rotatable bonds is 4. The van der Waals surface area contributed by atoms with Gasteiger partial charge in [0.1, 0.15) is 5.75 Å². The molecule has 1 heterocycles. The summed E-state index contributed by atoms with van der Waals surface area (Å²) in [6.45, 7) is 5.62. The van der Waals surface area contributed by atoms with Crippen molar-refractivity contribution in [2.24, 2.45) is 5.92 Å². The second-order valence-corrected chi connectivity index (χ2v) is 5.59. The number of amides is 1. The fourth-order valence-electron chi connectivity index (χ4n) is 2.53. The van der Waals surface area contributed by atoms with Crippen LogP contribution < -0.4 is 4.74 Å². The van der Waals surface area contributed by atoms with E-state index in [1.165, 1.54) is 0 Å². The van der Waals surface area contributed by atoms with Gasteiger partial charge < -0.3 is 14.7 Å². The van der Waals surface area contributed by atoms with Crippen LogP contribution in [0, 0.1) is 19.8 Å². The van der Waals surface area contributed by atoms with Gasteiger partial charge in [-0.25, -0.2) is 0 Å². The zero-order valence-corrected chi connectivity index (χ0v) is 12.3. The van der Waals surface area contributed by atoms with Crippen molar-refractivity contribution in [2.45, 2.75) is 26.7 Å². The van der Waals surface area contributed by atoms with E-state index in [0.717, 1.165) is 36.3 Å². The molecule has 1 aromatic carbocycles. The smallest absolute Gasteiger partial charge is 0.260 e. The second kappa shape index (κ2) is 6.75. The Bertz CT molecular complexity index is 473. The molecule has 0 aromatic heterocycles. The Kier molecular flexibility index (Phi) is 5.01. The predicted octanol–water partition coefficient (Wildman–Crippen LogP) is 1.91. The van der Waals surface area contributed by atoms with E-state index in [9.17, 15) is 9.90 Å². The van der Waals surface area contributed by atoms with E-state index in [1.54, 1.807) is 4.90 Å². The Labute approximate surface area is 120 Å². The quantitative estimate of drug-likeness (QED) is 0.914. The highest BCUT2D eigenvalue weighted by molar-refractivity contribution is 5.78. The molecule has 0 saturated carbocycles. The number of carbonyl (C=O) groups is 1. The molecular formula is C16H23NO3. The molecule has 0 spiro atoms. The molecule has 110 valence electrons. The van der Waals surface area contributed by atoms with Gasteiger partial charge in [-0.3, -0.25) is 4.79 Å². The minimum atomic E-state index is 0.00376. The first-order valence-corrected chi connectivity index (χ1v) is 7.19. The molecule has 1 fully saturated rings. The molecular weight excluding hydrogens is 254 g/mol. The van der Waals surface area contributed by atoms with Crippen LogP contribution in [0.3, 0.4) is 0 Å². The summed E-state index contributed by atoms with van der Waals surface area (Å²) in [6, 6.07) is 5.98. The Balaban J connectivity index is 1.90. The van der Waals surface area contributed by atoms with Gasteiger partial charge in [-0.15, -0.1) is 0 Å². The number of nitrogens with zero attached hydrogens (tertiary/aromatic N) is 1. The number of hydrogen-bond acceptors (Lipinski definition) is 3. The lowest BCUT2D eigenvalue weighted by atomic mass is 9.99. The minimum Gasteiger partial charge on any atom is -0.483 e. The fourth-order valence-corrected chi connectivity index (χ4v) is 2.53. The summed E-state index contributed by atoms with van der Waals surface area (Å²) in [5, 5.41) is 9.20. The maximum atomic E-state index is 12.1. The molecule has 2 rings (SSSR count). The number of hydrogen-bond donors (Lipinski definition) is 1. The molecule has 0 radical (unpaired) electrons. The molecule has 1 aliphatic rings. The third kappa shape index (κ3) is 3.73. The van der Waals surface area contributed by atoms with Crippen molar-refractivity contribution in [2.75, 3.05) is 26.3 Å². The molecule has 20 heavy (non-hydrogen) atoms. The highest BCUT2D eigenvalue weighted by Gasteiger charge is 2.23. The molecule has 4 nitrogen and oxygen atoms in total. The first-order chi connectivity index (χ1) is 9.60. The molecule has 1 unspecified atom stereocenters. The molecule has 0 bridgehead atoms. The summed E-state index contributed by atoms with van der Waals surface area (Å²) in [7, 11) is 0. The van der Waals surface area contributed by atoms with Crippen LogP contribution in [0.1, 0.15) is 24.0 Å². The van der Waals surface area contributed by atoms with Gasteiger partial charge >= 0.3 is 0 Å². The summed E-state index contributed by atoms with van der Waals surface area (Å²) in [5.74, 6) is 0.992. The number of likely N-dealkylation sites (tertiary alicyclic amines) is 1. The van der Waals surface area contributed by atoms with Gasteiger partial charge in [-0.1, -0.05) is 12.1 Å². The molecule has 1 saturated heterocycles. The number of carbonyl (C=O) groups excluding carboxylic acids is 1. The lowest BCUT2D eigenvalue weighted by molar-refractivity contribution is -0.135. The molecule has 1 atom stereocenters. The summed E-state index contributed by atoms with van der Waals surface area (Å²) in [6.07, 6.45) is 1.96. The van der Waals surface area contributed by atoms with Crippen molar-refractivity contribution < 1.29 is 14.6 Å². The van der Waals surface area contributed by atoms with Gasteiger partial charge in [0.25, 0.3) is 5.91 Å². The second-order valence-electron chi connectivity index (χ2n) is 5.59. The largest absolute Gasteiger partial charge is 0.483 e. The van der Waals surface area contributed by atoms with Gasteiger partial charge in [-0.2, -0.15) is 0 Å². The third-order valence-corrected chi connectivity index (χ3v) is 3.82. The Morgan fingerprint density at radius 2 is 2.25 bits per heavy atom. The van der Waals surface area contributed by atoms with Crippen LogP contribution in [0.4, 0.5) is 0 Å². The molecule has 1 amide bonds. The first kappa shape index (κ1) is 14.9. The van der Waals surface area contributed by atoms with Gasteiger partial charge in [0.2, 0.25) is 0 Å². The lowest BCUT2D eigenvalue weighted by Crippen LogP contribution is -2.43. The molecule has 4 heteroatoms.